The Morgan fingerprint density at radius 2 is 1.35 bits per heavy atom. The van der Waals surface area contributed by atoms with Crippen molar-refractivity contribution in [3.63, 3.8) is 0 Å². The van der Waals surface area contributed by atoms with Crippen molar-refractivity contribution in [1.82, 2.24) is 4.57 Å². The van der Waals surface area contributed by atoms with Crippen molar-refractivity contribution in [2.24, 2.45) is 0 Å². The molecule has 1 aliphatic rings. The maximum absolute atomic E-state index is 3.45. The van der Waals surface area contributed by atoms with E-state index in [0.29, 0.717) is 0 Å². The number of nitrogens with zero attached hydrogens (tertiary/aromatic N) is 1. The Balaban J connectivity index is 1.36. The van der Waals surface area contributed by atoms with Crippen LogP contribution in [0.15, 0.2) is 146 Å². The van der Waals surface area contributed by atoms with Crippen molar-refractivity contribution in [2.75, 3.05) is 0 Å². The fourth-order valence-electron chi connectivity index (χ4n) is 7.06. The van der Waals surface area contributed by atoms with E-state index in [1.165, 1.54) is 70.5 Å². The molecule has 6 aromatic carbocycles. The third-order valence-electron chi connectivity index (χ3n) is 9.17. The Morgan fingerprint density at radius 1 is 0.609 bits per heavy atom. The second-order valence-electron chi connectivity index (χ2n) is 11.8. The molecule has 9 rings (SSSR count). The number of aromatic nitrogens is 1. The molecule has 0 saturated heterocycles. The third kappa shape index (κ3) is 4.32. The summed E-state index contributed by atoms with van der Waals surface area (Å²) in [6, 6.07) is 56.8. The number of allylic oxidation sites excluding steroid dienone is 1. The molecule has 0 saturated carbocycles. The van der Waals surface area contributed by atoms with Crippen LogP contribution >= 0.6 is 11.3 Å². The number of rotatable bonds is 5. The first kappa shape index (κ1) is 26.8. The molecule has 0 N–H and O–H groups in total. The molecule has 0 bridgehead atoms. The molecule has 0 spiro atoms. The molecule has 46 heavy (non-hydrogen) atoms. The molecule has 1 nitrogen and oxygen atoms in total. The maximum Gasteiger partial charge on any atom is 0.0634 e. The van der Waals surface area contributed by atoms with Crippen LogP contribution in [0.1, 0.15) is 17.5 Å². The van der Waals surface area contributed by atoms with Crippen LogP contribution in [0.2, 0.25) is 0 Å². The normalized spacial score (nSPS) is 12.3. The van der Waals surface area contributed by atoms with E-state index in [1.54, 1.807) is 0 Å². The zero-order valence-corrected chi connectivity index (χ0v) is 26.0. The van der Waals surface area contributed by atoms with Crippen molar-refractivity contribution in [3.05, 3.63) is 169 Å². The molecule has 0 unspecified atom stereocenters. The van der Waals surface area contributed by atoms with Gasteiger partial charge in [0.25, 0.3) is 0 Å². The molecule has 8 aromatic rings. The highest BCUT2D eigenvalue weighted by Crippen LogP contribution is 2.51. The second kappa shape index (κ2) is 11.1. The van der Waals surface area contributed by atoms with Crippen LogP contribution in [0, 0.1) is 12.1 Å². The molecule has 0 radical (unpaired) electrons. The first-order valence-corrected chi connectivity index (χ1v) is 16.7. The van der Waals surface area contributed by atoms with Crippen molar-refractivity contribution in [2.45, 2.75) is 12.8 Å². The highest BCUT2D eigenvalue weighted by atomic mass is 32.1. The molecule has 0 fully saturated rings. The predicted molar refractivity (Wildman–Crippen MR) is 195 cm³/mol. The van der Waals surface area contributed by atoms with E-state index in [9.17, 15) is 0 Å². The van der Waals surface area contributed by atoms with Gasteiger partial charge in [0.2, 0.25) is 0 Å². The zero-order valence-electron chi connectivity index (χ0n) is 25.2. The van der Waals surface area contributed by atoms with Gasteiger partial charge in [-0.15, -0.1) is 11.3 Å². The summed E-state index contributed by atoms with van der Waals surface area (Å²) in [5.74, 6) is 0. The van der Waals surface area contributed by atoms with E-state index < -0.39 is 0 Å². The van der Waals surface area contributed by atoms with Crippen molar-refractivity contribution in [3.8, 4) is 48.8 Å². The molecular weight excluding hydrogens is 575 g/mol. The molecule has 2 heteroatoms. The van der Waals surface area contributed by atoms with Gasteiger partial charge in [-0.2, -0.15) is 0 Å². The lowest BCUT2D eigenvalue weighted by molar-refractivity contribution is 0.996. The lowest BCUT2D eigenvalue weighted by Crippen LogP contribution is -1.98. The van der Waals surface area contributed by atoms with E-state index in [-0.39, 0.29) is 0 Å². The Kier molecular flexibility index (Phi) is 6.44. The monoisotopic (exact) mass is 603 g/mol. The fourth-order valence-corrected chi connectivity index (χ4v) is 8.46. The van der Waals surface area contributed by atoms with Crippen LogP contribution in [0.25, 0.3) is 76.7 Å². The summed E-state index contributed by atoms with van der Waals surface area (Å²) in [4.78, 5) is 2.67. The molecule has 0 aliphatic heterocycles. The van der Waals surface area contributed by atoms with Gasteiger partial charge in [0.15, 0.2) is 0 Å². The lowest BCUT2D eigenvalue weighted by atomic mass is 9.90. The summed E-state index contributed by atoms with van der Waals surface area (Å²) >= 11 is 1.93. The van der Waals surface area contributed by atoms with E-state index in [2.05, 4.69) is 162 Å². The van der Waals surface area contributed by atoms with E-state index in [1.807, 2.05) is 17.4 Å². The van der Waals surface area contributed by atoms with Gasteiger partial charge in [-0.25, -0.2) is 0 Å². The van der Waals surface area contributed by atoms with Crippen LogP contribution in [0.3, 0.4) is 0 Å². The minimum Gasteiger partial charge on any atom is -0.309 e. The number of para-hydroxylation sites is 2. The lowest BCUT2D eigenvalue weighted by Gasteiger charge is -2.16. The van der Waals surface area contributed by atoms with Gasteiger partial charge in [-0.3, -0.25) is 0 Å². The van der Waals surface area contributed by atoms with E-state index in [4.69, 9.17) is 0 Å². The minimum atomic E-state index is 1.02. The second-order valence-corrected chi connectivity index (χ2v) is 12.8. The average molecular weight is 604 g/mol. The fraction of sp³-hybridized carbons (Fsp3) is 0.0455. The van der Waals surface area contributed by atoms with Crippen LogP contribution in [-0.2, 0) is 6.42 Å². The molecule has 0 atom stereocenters. The number of benzene rings is 5. The molecular formula is C44H29NS. The van der Waals surface area contributed by atoms with Gasteiger partial charge < -0.3 is 4.57 Å². The minimum absolute atomic E-state index is 1.02. The van der Waals surface area contributed by atoms with Crippen LogP contribution in [0.5, 0.6) is 0 Å². The number of fused-ring (bicyclic) bond motifs is 4. The maximum atomic E-state index is 3.45. The van der Waals surface area contributed by atoms with Crippen LogP contribution < -0.4 is 0 Å². The third-order valence-corrected chi connectivity index (χ3v) is 10.5. The van der Waals surface area contributed by atoms with Gasteiger partial charge in [-0.05, 0) is 71.0 Å². The van der Waals surface area contributed by atoms with E-state index in [0.717, 1.165) is 24.1 Å². The van der Waals surface area contributed by atoms with Crippen molar-refractivity contribution < 1.29 is 0 Å². The smallest absolute Gasteiger partial charge is 0.0634 e. The summed E-state index contributed by atoms with van der Waals surface area (Å²) in [6.07, 6.45) is 6.75. The first-order valence-electron chi connectivity index (χ1n) is 15.8. The predicted octanol–water partition coefficient (Wildman–Crippen LogP) is 12.1. The summed E-state index contributed by atoms with van der Waals surface area (Å²) in [7, 11) is 0. The standard InChI is InChI=1S/C44H29NS/c1-4-14-30(15-5-1)31-24-26-33(27-25-31)43-38-21-10-11-22-39(38)44(46-43)41-35(32-16-6-2-7-17-32)28-29-37-36-20-12-13-23-40(36)45(42(37)41)34-18-8-3-9-19-34/h1-6,8-10,12-16,18-21,23-29H,11,22H2. The Bertz CT molecular complexity index is 2380. The topological polar surface area (TPSA) is 4.93 Å². The summed E-state index contributed by atoms with van der Waals surface area (Å²) in [6.45, 7) is 0. The summed E-state index contributed by atoms with van der Waals surface area (Å²) in [5, 5.41) is 2.53. The Morgan fingerprint density at radius 3 is 2.15 bits per heavy atom. The zero-order chi connectivity index (χ0) is 30.5. The van der Waals surface area contributed by atoms with Gasteiger partial charge in [0, 0.05) is 42.9 Å². The molecule has 0 amide bonds. The Labute approximate surface area is 273 Å². The number of thiophene rings is 1. The van der Waals surface area contributed by atoms with Crippen LogP contribution in [0.4, 0.5) is 0 Å². The molecule has 2 heterocycles. The molecule has 2 aromatic heterocycles. The highest BCUT2D eigenvalue weighted by Gasteiger charge is 2.27. The van der Waals surface area contributed by atoms with Gasteiger partial charge in [-0.1, -0.05) is 133 Å². The SMILES string of the molecule is c1cccc(-c2ccc3c4ccccc4n(-c4ccccc4)c3c2-c2sc(-c3ccc(-c4ccccc4)cc3)c3c2CCC=C3)c#1. The highest BCUT2D eigenvalue weighted by molar-refractivity contribution is 7.19. The average Bonchev–Trinajstić information content (AvgIpc) is 3.69. The van der Waals surface area contributed by atoms with Gasteiger partial charge >= 0.3 is 0 Å². The van der Waals surface area contributed by atoms with E-state index >= 15 is 0 Å². The van der Waals surface area contributed by atoms with Crippen molar-refractivity contribution >= 4 is 39.2 Å². The Hall–Kier alpha value is -5.62. The van der Waals surface area contributed by atoms with Crippen LogP contribution in [-0.4, -0.2) is 4.57 Å². The first-order chi connectivity index (χ1) is 22.8. The van der Waals surface area contributed by atoms with Crippen molar-refractivity contribution in [1.29, 1.82) is 0 Å². The largest absolute Gasteiger partial charge is 0.309 e. The number of hydrogen-bond acceptors (Lipinski definition) is 1. The number of hydrogen-bond donors (Lipinski definition) is 0. The quantitative estimate of drug-likeness (QED) is 0.184. The van der Waals surface area contributed by atoms with Gasteiger partial charge in [0.05, 0.1) is 11.0 Å². The molecule has 1 aliphatic carbocycles. The van der Waals surface area contributed by atoms with Gasteiger partial charge in [0.1, 0.15) is 0 Å². The molecule has 216 valence electrons. The summed E-state index contributed by atoms with van der Waals surface area (Å²) < 4.78 is 2.47. The summed E-state index contributed by atoms with van der Waals surface area (Å²) in [5.41, 5.74) is 13.7.